The molecule has 0 amide bonds. The molecule has 3 aromatic rings. The number of aromatic amines is 1. The number of hydrogen-bond donors (Lipinski definition) is 1. The molecule has 17 heavy (non-hydrogen) atoms. The van der Waals surface area contributed by atoms with Crippen LogP contribution < -0.4 is 0 Å². The lowest BCUT2D eigenvalue weighted by molar-refractivity contribution is 1.45. The molecule has 0 atom stereocenters. The third-order valence-electron chi connectivity index (χ3n) is 3.02. The molecule has 1 heterocycles. The SMILES string of the molecule is Cc1cccc2[nH]c(-c3cccc(Cl)c3)cc12. The van der Waals surface area contributed by atoms with Crippen molar-refractivity contribution in [3.05, 3.63) is 59.1 Å². The summed E-state index contributed by atoms with van der Waals surface area (Å²) in [5.41, 5.74) is 4.68. The molecule has 0 saturated carbocycles. The maximum absolute atomic E-state index is 6.01. The minimum absolute atomic E-state index is 0.762. The van der Waals surface area contributed by atoms with Gasteiger partial charge in [0, 0.05) is 21.6 Å². The predicted molar refractivity (Wildman–Crippen MR) is 73.5 cm³/mol. The Hall–Kier alpha value is -1.73. The monoisotopic (exact) mass is 241 g/mol. The number of benzene rings is 2. The topological polar surface area (TPSA) is 15.8 Å². The summed E-state index contributed by atoms with van der Waals surface area (Å²) in [6.07, 6.45) is 0. The maximum Gasteiger partial charge on any atom is 0.0465 e. The highest BCUT2D eigenvalue weighted by molar-refractivity contribution is 6.30. The van der Waals surface area contributed by atoms with Crippen LogP contribution in [0, 0.1) is 6.92 Å². The maximum atomic E-state index is 6.01. The van der Waals surface area contributed by atoms with E-state index in [9.17, 15) is 0 Å². The molecule has 0 fully saturated rings. The van der Waals surface area contributed by atoms with E-state index in [-0.39, 0.29) is 0 Å². The number of fused-ring (bicyclic) bond motifs is 1. The molecule has 3 rings (SSSR count). The number of hydrogen-bond acceptors (Lipinski definition) is 0. The quantitative estimate of drug-likeness (QED) is 0.630. The first kappa shape index (κ1) is 10.4. The first-order chi connectivity index (χ1) is 8.24. The van der Waals surface area contributed by atoms with E-state index >= 15 is 0 Å². The van der Waals surface area contributed by atoms with Gasteiger partial charge < -0.3 is 4.98 Å². The van der Waals surface area contributed by atoms with Crippen molar-refractivity contribution in [1.29, 1.82) is 0 Å². The summed E-state index contributed by atoms with van der Waals surface area (Å²) in [7, 11) is 0. The molecule has 0 spiro atoms. The second-order valence-electron chi connectivity index (χ2n) is 4.23. The van der Waals surface area contributed by atoms with E-state index in [2.05, 4.69) is 42.2 Å². The zero-order chi connectivity index (χ0) is 11.8. The van der Waals surface area contributed by atoms with Crippen LogP contribution in [-0.4, -0.2) is 4.98 Å². The molecular formula is C15H12ClN. The lowest BCUT2D eigenvalue weighted by atomic mass is 10.1. The Morgan fingerprint density at radius 3 is 2.59 bits per heavy atom. The van der Waals surface area contributed by atoms with E-state index in [1.54, 1.807) is 0 Å². The summed E-state index contributed by atoms with van der Waals surface area (Å²) in [6.45, 7) is 2.12. The second kappa shape index (κ2) is 3.94. The fourth-order valence-electron chi connectivity index (χ4n) is 2.12. The Kier molecular flexibility index (Phi) is 2.41. The third kappa shape index (κ3) is 1.83. The van der Waals surface area contributed by atoms with Crippen molar-refractivity contribution in [2.75, 3.05) is 0 Å². The fourth-order valence-corrected chi connectivity index (χ4v) is 2.31. The highest BCUT2D eigenvalue weighted by Gasteiger charge is 2.04. The van der Waals surface area contributed by atoms with E-state index in [0.29, 0.717) is 0 Å². The summed E-state index contributed by atoms with van der Waals surface area (Å²) >= 11 is 6.01. The van der Waals surface area contributed by atoms with Crippen molar-refractivity contribution in [1.82, 2.24) is 4.98 Å². The van der Waals surface area contributed by atoms with E-state index in [1.807, 2.05) is 18.2 Å². The standard InChI is InChI=1S/C15H12ClN/c1-10-4-2-7-14-13(10)9-15(17-14)11-5-3-6-12(16)8-11/h2-9,17H,1H3. The van der Waals surface area contributed by atoms with Crippen molar-refractivity contribution < 1.29 is 0 Å². The first-order valence-electron chi connectivity index (χ1n) is 5.58. The first-order valence-corrected chi connectivity index (χ1v) is 5.96. The molecular weight excluding hydrogens is 230 g/mol. The normalized spacial score (nSPS) is 10.9. The molecule has 0 unspecified atom stereocenters. The van der Waals surface area contributed by atoms with Gasteiger partial charge in [-0.2, -0.15) is 0 Å². The van der Waals surface area contributed by atoms with Gasteiger partial charge in [-0.15, -0.1) is 0 Å². The van der Waals surface area contributed by atoms with Crippen LogP contribution in [-0.2, 0) is 0 Å². The van der Waals surface area contributed by atoms with Crippen LogP contribution in [0.2, 0.25) is 5.02 Å². The van der Waals surface area contributed by atoms with Gasteiger partial charge in [-0.3, -0.25) is 0 Å². The van der Waals surface area contributed by atoms with Crippen LogP contribution in [0.3, 0.4) is 0 Å². The molecule has 1 nitrogen and oxygen atoms in total. The Balaban J connectivity index is 2.22. The highest BCUT2D eigenvalue weighted by atomic mass is 35.5. The van der Waals surface area contributed by atoms with Crippen LogP contribution in [0.25, 0.3) is 22.2 Å². The number of nitrogens with one attached hydrogen (secondary N) is 1. The van der Waals surface area contributed by atoms with Crippen molar-refractivity contribution in [3.63, 3.8) is 0 Å². The number of rotatable bonds is 1. The van der Waals surface area contributed by atoms with Crippen LogP contribution in [0.5, 0.6) is 0 Å². The number of H-pyrrole nitrogens is 1. The molecule has 0 saturated heterocycles. The van der Waals surface area contributed by atoms with Crippen molar-refractivity contribution in [2.45, 2.75) is 6.92 Å². The van der Waals surface area contributed by atoms with E-state index in [1.165, 1.54) is 16.5 Å². The molecule has 0 aliphatic rings. The van der Waals surface area contributed by atoms with Gasteiger partial charge in [0.05, 0.1) is 0 Å². The second-order valence-corrected chi connectivity index (χ2v) is 4.67. The van der Waals surface area contributed by atoms with Gasteiger partial charge in [-0.25, -0.2) is 0 Å². The molecule has 1 N–H and O–H groups in total. The Labute approximate surface area is 105 Å². The summed E-state index contributed by atoms with van der Waals surface area (Å²) in [5, 5.41) is 2.03. The summed E-state index contributed by atoms with van der Waals surface area (Å²) < 4.78 is 0. The van der Waals surface area contributed by atoms with Gasteiger partial charge in [-0.1, -0.05) is 35.9 Å². The summed E-state index contributed by atoms with van der Waals surface area (Å²) in [5.74, 6) is 0. The Morgan fingerprint density at radius 2 is 1.82 bits per heavy atom. The van der Waals surface area contributed by atoms with Crippen molar-refractivity contribution in [3.8, 4) is 11.3 Å². The van der Waals surface area contributed by atoms with E-state index in [4.69, 9.17) is 11.6 Å². The molecule has 0 aliphatic heterocycles. The third-order valence-corrected chi connectivity index (χ3v) is 3.25. The highest BCUT2D eigenvalue weighted by Crippen LogP contribution is 2.27. The lowest BCUT2D eigenvalue weighted by Crippen LogP contribution is -1.76. The van der Waals surface area contributed by atoms with Crippen LogP contribution in [0.4, 0.5) is 0 Å². The minimum Gasteiger partial charge on any atom is -0.355 e. The average Bonchev–Trinajstić information content (AvgIpc) is 2.74. The zero-order valence-corrected chi connectivity index (χ0v) is 10.3. The lowest BCUT2D eigenvalue weighted by Gasteiger charge is -1.97. The zero-order valence-electron chi connectivity index (χ0n) is 9.50. The van der Waals surface area contributed by atoms with Gasteiger partial charge in [-0.05, 0) is 42.3 Å². The van der Waals surface area contributed by atoms with Gasteiger partial charge in [0.2, 0.25) is 0 Å². The summed E-state index contributed by atoms with van der Waals surface area (Å²) in [4.78, 5) is 3.42. The van der Waals surface area contributed by atoms with Gasteiger partial charge >= 0.3 is 0 Å². The van der Waals surface area contributed by atoms with E-state index in [0.717, 1.165) is 16.3 Å². The van der Waals surface area contributed by atoms with Gasteiger partial charge in [0.15, 0.2) is 0 Å². The molecule has 1 aromatic heterocycles. The van der Waals surface area contributed by atoms with Gasteiger partial charge in [0.1, 0.15) is 0 Å². The molecule has 2 aromatic carbocycles. The van der Waals surface area contributed by atoms with Crippen LogP contribution in [0.1, 0.15) is 5.56 Å². The minimum atomic E-state index is 0.762. The van der Waals surface area contributed by atoms with E-state index < -0.39 is 0 Å². The number of aryl methyl sites for hydroxylation is 1. The van der Waals surface area contributed by atoms with Crippen molar-refractivity contribution >= 4 is 22.5 Å². The fraction of sp³-hybridized carbons (Fsp3) is 0.0667. The number of halogens is 1. The van der Waals surface area contributed by atoms with Crippen molar-refractivity contribution in [2.24, 2.45) is 0 Å². The Bertz CT molecular complexity index is 682. The predicted octanol–water partition coefficient (Wildman–Crippen LogP) is 4.80. The number of aromatic nitrogens is 1. The molecule has 0 bridgehead atoms. The Morgan fingerprint density at radius 1 is 1.00 bits per heavy atom. The molecule has 84 valence electrons. The molecule has 0 radical (unpaired) electrons. The molecule has 0 aliphatic carbocycles. The smallest absolute Gasteiger partial charge is 0.0465 e. The van der Waals surface area contributed by atoms with Gasteiger partial charge in [0.25, 0.3) is 0 Å². The summed E-state index contributed by atoms with van der Waals surface area (Å²) in [6, 6.07) is 16.4. The van der Waals surface area contributed by atoms with Crippen LogP contribution >= 0.6 is 11.6 Å². The van der Waals surface area contributed by atoms with Crippen LogP contribution in [0.15, 0.2) is 48.5 Å². The molecule has 2 heteroatoms. The average molecular weight is 242 g/mol. The largest absolute Gasteiger partial charge is 0.355 e.